The molecular formula is C16H20N3O3+. The number of alkyl carbamates (subject to hydrolysis) is 1. The van der Waals surface area contributed by atoms with Gasteiger partial charge in [-0.2, -0.15) is 0 Å². The van der Waals surface area contributed by atoms with E-state index in [-0.39, 0.29) is 5.78 Å². The van der Waals surface area contributed by atoms with Crippen LogP contribution in [0, 0.1) is 0 Å². The van der Waals surface area contributed by atoms with E-state index in [0.29, 0.717) is 25.1 Å². The van der Waals surface area contributed by atoms with Crippen molar-refractivity contribution in [2.24, 2.45) is 7.05 Å². The van der Waals surface area contributed by atoms with Crippen LogP contribution in [0.3, 0.4) is 0 Å². The second-order valence-electron chi connectivity index (χ2n) is 4.98. The lowest BCUT2D eigenvalue weighted by molar-refractivity contribution is -0.682. The molecule has 1 aromatic heterocycles. The maximum absolute atomic E-state index is 12.2. The number of methoxy groups -OCH3 is 1. The van der Waals surface area contributed by atoms with E-state index < -0.39 is 6.09 Å². The molecule has 0 saturated carbocycles. The van der Waals surface area contributed by atoms with Crippen LogP contribution in [0.15, 0.2) is 42.9 Å². The molecule has 1 aromatic carbocycles. The summed E-state index contributed by atoms with van der Waals surface area (Å²) in [6.07, 6.45) is 4.01. The lowest BCUT2D eigenvalue weighted by Gasteiger charge is -2.00. The number of hydrogen-bond donors (Lipinski definition) is 1. The smallest absolute Gasteiger partial charge is 0.406 e. The highest BCUT2D eigenvalue weighted by atomic mass is 16.5. The maximum atomic E-state index is 12.2. The minimum absolute atomic E-state index is 0.0652. The fraction of sp³-hybridized carbons (Fsp3) is 0.312. The lowest BCUT2D eigenvalue weighted by Crippen LogP contribution is -2.35. The molecule has 2 aromatic rings. The van der Waals surface area contributed by atoms with Gasteiger partial charge in [0, 0.05) is 18.5 Å². The first-order chi connectivity index (χ1) is 10.6. The number of ether oxygens (including phenoxy) is 1. The second kappa shape index (κ2) is 7.40. The van der Waals surface area contributed by atoms with E-state index in [2.05, 4.69) is 10.1 Å². The van der Waals surface area contributed by atoms with Gasteiger partial charge in [0.25, 0.3) is 0 Å². The molecule has 0 fully saturated rings. The maximum Gasteiger partial charge on any atom is 0.406 e. The summed E-state index contributed by atoms with van der Waals surface area (Å²) >= 11 is 0. The fourth-order valence-electron chi connectivity index (χ4n) is 2.19. The number of Topliss-reactive ketones (excluding diaryl/α,β-unsaturated/α-hetero) is 1. The first-order valence-electron chi connectivity index (χ1n) is 7.04. The Balaban J connectivity index is 1.95. The SMILES string of the molecule is COC(=O)NCCc1c[n+](CC(=O)c2ccccc2)cn1C. The zero-order chi connectivity index (χ0) is 15.9. The third kappa shape index (κ3) is 4.18. The topological polar surface area (TPSA) is 64.2 Å². The molecule has 2 rings (SSSR count). The normalized spacial score (nSPS) is 10.3. The zero-order valence-electron chi connectivity index (χ0n) is 12.8. The molecule has 0 bridgehead atoms. The second-order valence-corrected chi connectivity index (χ2v) is 4.98. The van der Waals surface area contributed by atoms with Gasteiger partial charge in [-0.25, -0.2) is 13.9 Å². The van der Waals surface area contributed by atoms with Crippen LogP contribution in [-0.2, 0) is 24.8 Å². The van der Waals surface area contributed by atoms with E-state index in [0.717, 1.165) is 5.69 Å². The first-order valence-corrected chi connectivity index (χ1v) is 7.04. The van der Waals surface area contributed by atoms with E-state index in [1.54, 1.807) is 0 Å². The number of aryl methyl sites for hydroxylation is 1. The Morgan fingerprint density at radius 1 is 1.27 bits per heavy atom. The van der Waals surface area contributed by atoms with Crippen LogP contribution in [0.1, 0.15) is 16.1 Å². The molecule has 22 heavy (non-hydrogen) atoms. The van der Waals surface area contributed by atoms with Crippen molar-refractivity contribution in [3.05, 3.63) is 54.1 Å². The summed E-state index contributed by atoms with van der Waals surface area (Å²) in [6, 6.07) is 9.22. The predicted octanol–water partition coefficient (Wildman–Crippen LogP) is 1.09. The molecule has 0 unspecified atom stereocenters. The number of ketones is 1. The average molecular weight is 302 g/mol. The number of benzene rings is 1. The number of amides is 1. The predicted molar refractivity (Wildman–Crippen MR) is 80.5 cm³/mol. The summed E-state index contributed by atoms with van der Waals surface area (Å²) in [5.41, 5.74) is 1.73. The van der Waals surface area contributed by atoms with Crippen LogP contribution >= 0.6 is 0 Å². The first kappa shape index (κ1) is 15.8. The van der Waals surface area contributed by atoms with Gasteiger partial charge in [-0.3, -0.25) is 4.79 Å². The summed E-state index contributed by atoms with van der Waals surface area (Å²) in [6.45, 7) is 0.777. The molecule has 0 aliphatic heterocycles. The van der Waals surface area contributed by atoms with Crippen molar-refractivity contribution < 1.29 is 18.9 Å². The van der Waals surface area contributed by atoms with Gasteiger partial charge in [-0.1, -0.05) is 30.3 Å². The molecule has 0 aliphatic rings. The zero-order valence-corrected chi connectivity index (χ0v) is 12.8. The van der Waals surface area contributed by atoms with E-state index in [1.165, 1.54) is 7.11 Å². The number of carbonyl (C=O) groups is 2. The van der Waals surface area contributed by atoms with Crippen molar-refractivity contribution in [3.63, 3.8) is 0 Å². The molecule has 0 saturated heterocycles. The Morgan fingerprint density at radius 3 is 2.68 bits per heavy atom. The van der Waals surface area contributed by atoms with Crippen LogP contribution in [0.4, 0.5) is 4.79 Å². The van der Waals surface area contributed by atoms with Gasteiger partial charge >= 0.3 is 6.09 Å². The van der Waals surface area contributed by atoms with E-state index in [9.17, 15) is 9.59 Å². The number of hydrogen-bond acceptors (Lipinski definition) is 3. The van der Waals surface area contributed by atoms with Gasteiger partial charge in [-0.05, 0) is 0 Å². The molecule has 1 amide bonds. The van der Waals surface area contributed by atoms with Gasteiger partial charge in [0.1, 0.15) is 11.9 Å². The highest BCUT2D eigenvalue weighted by Crippen LogP contribution is 2.01. The summed E-state index contributed by atoms with van der Waals surface area (Å²) in [4.78, 5) is 23.2. The van der Waals surface area contributed by atoms with Crippen molar-refractivity contribution in [1.29, 1.82) is 0 Å². The van der Waals surface area contributed by atoms with Crippen LogP contribution in [0.2, 0.25) is 0 Å². The van der Waals surface area contributed by atoms with Crippen molar-refractivity contribution in [3.8, 4) is 0 Å². The summed E-state index contributed by atoms with van der Waals surface area (Å²) in [7, 11) is 3.25. The van der Waals surface area contributed by atoms with Gasteiger partial charge in [0.15, 0.2) is 6.54 Å². The highest BCUT2D eigenvalue weighted by Gasteiger charge is 2.14. The quantitative estimate of drug-likeness (QED) is 0.642. The Hall–Kier alpha value is -2.63. The van der Waals surface area contributed by atoms with Gasteiger partial charge in [-0.15, -0.1) is 0 Å². The third-order valence-electron chi connectivity index (χ3n) is 3.35. The molecule has 1 heterocycles. The molecule has 0 radical (unpaired) electrons. The van der Waals surface area contributed by atoms with Crippen molar-refractivity contribution in [1.82, 2.24) is 9.88 Å². The van der Waals surface area contributed by atoms with Crippen LogP contribution in [0.25, 0.3) is 0 Å². The minimum atomic E-state index is -0.443. The minimum Gasteiger partial charge on any atom is -0.453 e. The molecule has 6 heteroatoms. The van der Waals surface area contributed by atoms with E-state index in [4.69, 9.17) is 0 Å². The summed E-state index contributed by atoms with van der Waals surface area (Å²) in [5, 5.41) is 2.63. The Labute approximate surface area is 129 Å². The molecule has 116 valence electrons. The van der Waals surface area contributed by atoms with E-state index >= 15 is 0 Å². The third-order valence-corrected chi connectivity index (χ3v) is 3.35. The average Bonchev–Trinajstić information content (AvgIpc) is 2.87. The molecule has 0 aliphatic carbocycles. The number of rotatable bonds is 6. The Morgan fingerprint density at radius 2 is 2.00 bits per heavy atom. The van der Waals surface area contributed by atoms with Crippen LogP contribution in [-0.4, -0.2) is 30.1 Å². The molecular weight excluding hydrogens is 282 g/mol. The summed E-state index contributed by atoms with van der Waals surface area (Å²) in [5.74, 6) is 0.0652. The molecule has 6 nitrogen and oxygen atoms in total. The van der Waals surface area contributed by atoms with Gasteiger partial charge in [0.2, 0.25) is 12.1 Å². The molecule has 0 atom stereocenters. The van der Waals surface area contributed by atoms with Crippen LogP contribution in [0.5, 0.6) is 0 Å². The molecule has 0 spiro atoms. The fourth-order valence-corrected chi connectivity index (χ4v) is 2.19. The van der Waals surface area contributed by atoms with Crippen molar-refractivity contribution in [2.75, 3.05) is 13.7 Å². The number of carbonyl (C=O) groups excluding carboxylic acids is 2. The summed E-state index contributed by atoms with van der Waals surface area (Å²) < 4.78 is 8.31. The Bertz CT molecular complexity index is 650. The lowest BCUT2D eigenvalue weighted by atomic mass is 10.1. The number of aromatic nitrogens is 2. The standard InChI is InChI=1S/C16H19N3O3/c1-18-12-19(10-14(18)8-9-17-16(21)22-2)11-15(20)13-6-4-3-5-7-13/h3-7,10,12H,8-9,11H2,1-2H3/p+1. The number of imidazole rings is 1. The van der Waals surface area contributed by atoms with E-state index in [1.807, 2.05) is 59.0 Å². The number of nitrogens with zero attached hydrogens (tertiary/aromatic N) is 2. The van der Waals surface area contributed by atoms with Gasteiger partial charge in [0.05, 0.1) is 14.2 Å². The van der Waals surface area contributed by atoms with Gasteiger partial charge < -0.3 is 10.1 Å². The van der Waals surface area contributed by atoms with Crippen LogP contribution < -0.4 is 9.88 Å². The largest absolute Gasteiger partial charge is 0.453 e. The molecule has 1 N–H and O–H groups in total. The van der Waals surface area contributed by atoms with Crippen molar-refractivity contribution >= 4 is 11.9 Å². The number of nitrogens with one attached hydrogen (secondary N) is 1. The van der Waals surface area contributed by atoms with Crippen molar-refractivity contribution in [2.45, 2.75) is 13.0 Å². The monoisotopic (exact) mass is 302 g/mol. The highest BCUT2D eigenvalue weighted by molar-refractivity contribution is 5.94. The Kier molecular flexibility index (Phi) is 5.30.